The molecule has 1 amide bonds. The highest BCUT2D eigenvalue weighted by Crippen LogP contribution is 2.35. The Morgan fingerprint density at radius 3 is 2.53 bits per heavy atom. The normalized spacial score (nSPS) is 11.4. The van der Waals surface area contributed by atoms with E-state index in [2.05, 4.69) is 10.6 Å². The van der Waals surface area contributed by atoms with Crippen molar-refractivity contribution < 1.29 is 9.21 Å². The van der Waals surface area contributed by atoms with Crippen LogP contribution in [-0.4, -0.2) is 10.5 Å². The average molecular weight is 435 g/mol. The Morgan fingerprint density at radius 1 is 0.933 bits per heavy atom. The first kappa shape index (κ1) is 18.8. The molecule has 0 aliphatic heterocycles. The van der Waals surface area contributed by atoms with E-state index in [4.69, 9.17) is 33.4 Å². The number of furan rings is 1. The molecule has 0 bridgehead atoms. The lowest BCUT2D eigenvalue weighted by atomic mass is 10.0. The number of hydrogen-bond donors (Lipinski definition) is 1. The quantitative estimate of drug-likeness (QED) is 0.350. The third kappa shape index (κ3) is 3.05. The molecule has 148 valence electrons. The second-order valence-corrected chi connectivity index (χ2v) is 7.92. The number of fused-ring (bicyclic) bond motifs is 3. The number of nitrogens with zero attached hydrogens (tertiary/aromatic N) is 1. The summed E-state index contributed by atoms with van der Waals surface area (Å²) >= 11 is 12.3. The first-order chi connectivity index (χ1) is 14.5. The van der Waals surface area contributed by atoms with Crippen LogP contribution in [0.1, 0.15) is 15.9 Å². The highest BCUT2D eigenvalue weighted by Gasteiger charge is 2.18. The lowest BCUT2D eigenvalue weighted by Gasteiger charge is -2.10. The molecule has 0 atom stereocenters. The first-order valence-corrected chi connectivity index (χ1v) is 10.1. The van der Waals surface area contributed by atoms with Gasteiger partial charge in [0, 0.05) is 28.4 Å². The number of hydrogen-bond acceptors (Lipinski definition) is 2. The Kier molecular flexibility index (Phi) is 4.54. The number of halogens is 2. The van der Waals surface area contributed by atoms with Crippen LogP contribution in [0.3, 0.4) is 0 Å². The summed E-state index contributed by atoms with van der Waals surface area (Å²) in [6.45, 7) is 0.556. The summed E-state index contributed by atoms with van der Waals surface area (Å²) in [5.41, 5.74) is 10.0. The van der Waals surface area contributed by atoms with Crippen molar-refractivity contribution in [1.82, 2.24) is 4.57 Å². The van der Waals surface area contributed by atoms with Gasteiger partial charge in [-0.15, -0.1) is 0 Å². The second-order valence-electron chi connectivity index (χ2n) is 7.11. The van der Waals surface area contributed by atoms with E-state index in [9.17, 15) is 4.79 Å². The predicted octanol–water partition coefficient (Wildman–Crippen LogP) is 6.51. The molecule has 4 nitrogen and oxygen atoms in total. The van der Waals surface area contributed by atoms with Gasteiger partial charge in [-0.1, -0.05) is 47.5 Å². The zero-order valence-corrected chi connectivity index (χ0v) is 17.2. The summed E-state index contributed by atoms with van der Waals surface area (Å²) < 4.78 is 7.73. The summed E-state index contributed by atoms with van der Waals surface area (Å²) in [7, 11) is 0. The number of carbonyl (C=O) groups excluding carboxylic acids is 1. The molecule has 0 saturated carbocycles. The van der Waals surface area contributed by atoms with Gasteiger partial charge in [0.2, 0.25) is 5.91 Å². The van der Waals surface area contributed by atoms with Crippen LogP contribution < -0.4 is 5.73 Å². The Balaban J connectivity index is 1.80. The van der Waals surface area contributed by atoms with Crippen molar-refractivity contribution in [1.29, 1.82) is 0 Å². The molecule has 0 saturated heterocycles. The van der Waals surface area contributed by atoms with Crippen molar-refractivity contribution in [2.45, 2.75) is 6.54 Å². The lowest BCUT2D eigenvalue weighted by Crippen LogP contribution is -2.11. The van der Waals surface area contributed by atoms with Crippen LogP contribution in [0.2, 0.25) is 10.0 Å². The minimum atomic E-state index is -0.454. The highest BCUT2D eigenvalue weighted by atomic mass is 35.5. The molecule has 2 heterocycles. The topological polar surface area (TPSA) is 61.2 Å². The molecule has 2 aromatic heterocycles. The van der Waals surface area contributed by atoms with Gasteiger partial charge >= 0.3 is 0 Å². The maximum atomic E-state index is 12.1. The number of benzene rings is 3. The lowest BCUT2D eigenvalue weighted by molar-refractivity contribution is 0.100. The summed E-state index contributed by atoms with van der Waals surface area (Å²) in [6.07, 6.45) is 1.65. The van der Waals surface area contributed by atoms with Gasteiger partial charge in [0.15, 0.2) is 0 Å². The Morgan fingerprint density at radius 2 is 1.80 bits per heavy atom. The van der Waals surface area contributed by atoms with Crippen molar-refractivity contribution in [2.75, 3.05) is 0 Å². The van der Waals surface area contributed by atoms with Crippen molar-refractivity contribution in [3.63, 3.8) is 0 Å². The van der Waals surface area contributed by atoms with Crippen LogP contribution in [-0.2, 0) is 6.54 Å². The van der Waals surface area contributed by atoms with Gasteiger partial charge in [-0.05, 0) is 48.0 Å². The molecule has 5 rings (SSSR count). The molecule has 6 heteroatoms. The van der Waals surface area contributed by atoms with Gasteiger partial charge in [-0.25, -0.2) is 0 Å². The van der Waals surface area contributed by atoms with Gasteiger partial charge in [0.1, 0.15) is 5.76 Å². The number of carbonyl (C=O) groups is 1. The van der Waals surface area contributed by atoms with Gasteiger partial charge in [-0.2, -0.15) is 0 Å². The van der Waals surface area contributed by atoms with Crippen LogP contribution in [0.15, 0.2) is 77.4 Å². The molecule has 0 unspecified atom stereocenters. The van der Waals surface area contributed by atoms with E-state index in [0.717, 1.165) is 38.7 Å². The summed E-state index contributed by atoms with van der Waals surface area (Å²) in [6, 6.07) is 21.0. The zero-order valence-electron chi connectivity index (χ0n) is 15.7. The van der Waals surface area contributed by atoms with Crippen molar-refractivity contribution >= 4 is 50.9 Å². The molecule has 0 spiro atoms. The maximum absolute atomic E-state index is 12.1. The fraction of sp³-hybridized carbons (Fsp3) is 0.0417. The molecule has 30 heavy (non-hydrogen) atoms. The van der Waals surface area contributed by atoms with Crippen molar-refractivity contribution in [3.8, 4) is 11.3 Å². The third-order valence-electron chi connectivity index (χ3n) is 5.29. The minimum Gasteiger partial charge on any atom is -0.464 e. The maximum Gasteiger partial charge on any atom is 0.249 e. The molecule has 3 aromatic carbocycles. The average Bonchev–Trinajstić information content (AvgIpc) is 3.38. The standard InChI is InChI=1S/C24H16Cl2N2O2/c25-18-9-6-14(11-19(18)26)13-28-20-4-1-3-17(24(27)29)23(20)16-8-7-15(12-21(16)28)22-5-2-10-30-22/h1-12H,13H2,(H2,27,29). The first-order valence-electron chi connectivity index (χ1n) is 9.35. The van der Waals surface area contributed by atoms with Gasteiger partial charge in [-0.3, -0.25) is 4.79 Å². The molecule has 2 N–H and O–H groups in total. The molecular weight excluding hydrogens is 419 g/mol. The van der Waals surface area contributed by atoms with Crippen LogP contribution in [0.5, 0.6) is 0 Å². The third-order valence-corrected chi connectivity index (χ3v) is 6.03. The van der Waals surface area contributed by atoms with Crippen LogP contribution >= 0.6 is 23.2 Å². The summed E-state index contributed by atoms with van der Waals surface area (Å²) in [5, 5.41) is 2.81. The number of nitrogens with two attached hydrogens (primary N) is 1. The largest absolute Gasteiger partial charge is 0.464 e. The highest BCUT2D eigenvalue weighted by molar-refractivity contribution is 6.42. The van der Waals surface area contributed by atoms with E-state index in [0.29, 0.717) is 22.2 Å². The second kappa shape index (κ2) is 7.24. The van der Waals surface area contributed by atoms with Gasteiger partial charge in [0.25, 0.3) is 0 Å². The number of primary amides is 1. The fourth-order valence-electron chi connectivity index (χ4n) is 3.94. The number of rotatable bonds is 4. The van der Waals surface area contributed by atoms with Crippen molar-refractivity contribution in [2.24, 2.45) is 5.73 Å². The Hall–Kier alpha value is -3.21. The molecule has 5 aromatic rings. The molecule has 0 aliphatic rings. The molecule has 0 radical (unpaired) electrons. The molecule has 0 aliphatic carbocycles. The summed E-state index contributed by atoms with van der Waals surface area (Å²) in [4.78, 5) is 12.1. The smallest absolute Gasteiger partial charge is 0.249 e. The monoisotopic (exact) mass is 434 g/mol. The fourth-order valence-corrected chi connectivity index (χ4v) is 4.26. The van der Waals surface area contributed by atoms with E-state index in [1.54, 1.807) is 18.4 Å². The summed E-state index contributed by atoms with van der Waals surface area (Å²) in [5.74, 6) is 0.322. The Labute approximate surface area is 182 Å². The van der Waals surface area contributed by atoms with Crippen LogP contribution in [0.25, 0.3) is 33.1 Å². The zero-order chi connectivity index (χ0) is 20.8. The molecular formula is C24H16Cl2N2O2. The van der Waals surface area contributed by atoms with Crippen LogP contribution in [0.4, 0.5) is 0 Å². The van der Waals surface area contributed by atoms with Gasteiger partial charge in [0.05, 0.1) is 27.3 Å². The molecule has 0 fully saturated rings. The SMILES string of the molecule is NC(=O)c1cccc2c1c1ccc(-c3ccco3)cc1n2Cc1ccc(Cl)c(Cl)c1. The van der Waals surface area contributed by atoms with Crippen molar-refractivity contribution in [3.05, 3.63) is 94.2 Å². The minimum absolute atomic E-state index is 0.454. The van der Waals surface area contributed by atoms with E-state index < -0.39 is 5.91 Å². The van der Waals surface area contributed by atoms with E-state index >= 15 is 0 Å². The van der Waals surface area contributed by atoms with E-state index in [1.165, 1.54) is 0 Å². The van der Waals surface area contributed by atoms with Gasteiger partial charge < -0.3 is 14.7 Å². The number of aromatic nitrogens is 1. The predicted molar refractivity (Wildman–Crippen MR) is 121 cm³/mol. The van der Waals surface area contributed by atoms with E-state index in [-0.39, 0.29) is 0 Å². The Bertz CT molecular complexity index is 1420. The van der Waals surface area contributed by atoms with E-state index in [1.807, 2.05) is 48.5 Å². The van der Waals surface area contributed by atoms with Crippen LogP contribution in [0, 0.1) is 0 Å². The number of amides is 1.